The van der Waals surface area contributed by atoms with Gasteiger partial charge in [0.2, 0.25) is 11.8 Å². The van der Waals surface area contributed by atoms with Gasteiger partial charge in [-0.3, -0.25) is 9.59 Å². The van der Waals surface area contributed by atoms with E-state index < -0.39 is 11.8 Å². The van der Waals surface area contributed by atoms with Gasteiger partial charge >= 0.3 is 29.6 Å². The molecule has 0 radical (unpaired) electrons. The van der Waals surface area contributed by atoms with E-state index >= 15 is 0 Å². The Morgan fingerprint density at radius 2 is 1.15 bits per heavy atom. The molecule has 1 aromatic rings. The molecule has 0 unspecified atom stereocenters. The fourth-order valence-electron chi connectivity index (χ4n) is 0.799. The zero-order valence-corrected chi connectivity index (χ0v) is 9.28. The molecule has 4 N–H and O–H groups in total. The second-order valence-electron chi connectivity index (χ2n) is 2.31. The van der Waals surface area contributed by atoms with Crippen LogP contribution in [-0.2, 0) is 0 Å². The van der Waals surface area contributed by atoms with Crippen LogP contribution in [0.25, 0.3) is 0 Å². The van der Waals surface area contributed by atoms with Gasteiger partial charge in [-0.05, 0) is 24.3 Å². The molecule has 0 saturated heterocycles. The van der Waals surface area contributed by atoms with Gasteiger partial charge < -0.3 is 12.9 Å². The molecular formula is C8H9N2NaO2. The molecule has 0 heterocycles. The first-order chi connectivity index (χ1) is 5.61. The molecule has 4 nitrogen and oxygen atoms in total. The van der Waals surface area contributed by atoms with E-state index in [4.69, 9.17) is 11.5 Å². The van der Waals surface area contributed by atoms with E-state index in [9.17, 15) is 9.59 Å². The number of primary amides is 2. The monoisotopic (exact) mass is 188 g/mol. The molecule has 64 valence electrons. The van der Waals surface area contributed by atoms with Gasteiger partial charge in [0.05, 0.1) is 0 Å². The molecular weight excluding hydrogens is 179 g/mol. The number of rotatable bonds is 2. The van der Waals surface area contributed by atoms with E-state index in [-0.39, 0.29) is 31.0 Å². The van der Waals surface area contributed by atoms with Crippen LogP contribution in [0.15, 0.2) is 24.3 Å². The Bertz CT molecular complexity index is 294. The molecule has 13 heavy (non-hydrogen) atoms. The first kappa shape index (κ1) is 12.2. The Kier molecular flexibility index (Phi) is 4.69. The van der Waals surface area contributed by atoms with Gasteiger partial charge in [-0.25, -0.2) is 0 Å². The van der Waals surface area contributed by atoms with Crippen LogP contribution in [0, 0.1) is 0 Å². The summed E-state index contributed by atoms with van der Waals surface area (Å²) in [6.45, 7) is 0. The average molecular weight is 188 g/mol. The molecule has 5 heteroatoms. The van der Waals surface area contributed by atoms with Gasteiger partial charge in [-0.1, -0.05) is 0 Å². The molecule has 0 aliphatic carbocycles. The number of amides is 2. The Morgan fingerprint density at radius 1 is 0.923 bits per heavy atom. The van der Waals surface area contributed by atoms with Crippen molar-refractivity contribution in [2.45, 2.75) is 0 Å². The van der Waals surface area contributed by atoms with E-state index in [1.807, 2.05) is 0 Å². The van der Waals surface area contributed by atoms with Crippen molar-refractivity contribution in [1.82, 2.24) is 0 Å². The maximum absolute atomic E-state index is 10.6. The van der Waals surface area contributed by atoms with Gasteiger partial charge in [-0.2, -0.15) is 0 Å². The Labute approximate surface area is 99.1 Å². The van der Waals surface area contributed by atoms with Crippen molar-refractivity contribution in [2.24, 2.45) is 11.5 Å². The number of carbonyl (C=O) groups excluding carboxylic acids is 2. The third kappa shape index (κ3) is 3.18. The van der Waals surface area contributed by atoms with Crippen molar-refractivity contribution in [2.75, 3.05) is 0 Å². The molecule has 0 aliphatic rings. The summed E-state index contributed by atoms with van der Waals surface area (Å²) in [6, 6.07) is 5.84. The van der Waals surface area contributed by atoms with Gasteiger partial charge in [-0.15, -0.1) is 0 Å². The molecule has 1 rings (SSSR count). The standard InChI is InChI=1S/C8H8N2O2.Na.H/c9-7(11)5-1-2-6(4-3-5)8(10)12;;/h1-4H,(H2,9,11)(H2,10,12);;/q;+1;-1. The topological polar surface area (TPSA) is 86.2 Å². The van der Waals surface area contributed by atoms with Crippen molar-refractivity contribution < 1.29 is 40.6 Å². The second-order valence-corrected chi connectivity index (χ2v) is 2.31. The van der Waals surface area contributed by atoms with Crippen LogP contribution >= 0.6 is 0 Å². The zero-order chi connectivity index (χ0) is 9.14. The molecule has 0 aliphatic heterocycles. The molecule has 0 atom stereocenters. The van der Waals surface area contributed by atoms with Gasteiger partial charge in [0.15, 0.2) is 0 Å². The largest absolute Gasteiger partial charge is 1.00 e. The summed E-state index contributed by atoms with van der Waals surface area (Å²) < 4.78 is 0. The van der Waals surface area contributed by atoms with E-state index in [0.717, 1.165) is 0 Å². The molecule has 1 aromatic carbocycles. The van der Waals surface area contributed by atoms with E-state index in [1.54, 1.807) is 0 Å². The van der Waals surface area contributed by atoms with Crippen molar-refractivity contribution in [3.05, 3.63) is 35.4 Å². The van der Waals surface area contributed by atoms with Gasteiger partial charge in [0.25, 0.3) is 0 Å². The van der Waals surface area contributed by atoms with Gasteiger partial charge in [0, 0.05) is 11.1 Å². The van der Waals surface area contributed by atoms with Crippen LogP contribution in [0.5, 0.6) is 0 Å². The van der Waals surface area contributed by atoms with Crippen molar-refractivity contribution in [1.29, 1.82) is 0 Å². The third-order valence-electron chi connectivity index (χ3n) is 1.45. The number of hydrogen-bond donors (Lipinski definition) is 2. The van der Waals surface area contributed by atoms with Crippen LogP contribution in [0.3, 0.4) is 0 Å². The molecule has 0 fully saturated rings. The SMILES string of the molecule is NC(=O)c1ccc(C(N)=O)cc1.[H-].[Na+]. The predicted molar refractivity (Wildman–Crippen MR) is 44.6 cm³/mol. The fourth-order valence-corrected chi connectivity index (χ4v) is 0.799. The van der Waals surface area contributed by atoms with Crippen LogP contribution in [0.1, 0.15) is 22.1 Å². The van der Waals surface area contributed by atoms with Gasteiger partial charge in [0.1, 0.15) is 0 Å². The summed E-state index contributed by atoms with van der Waals surface area (Å²) in [5.41, 5.74) is 10.7. The number of benzene rings is 1. The molecule has 0 aromatic heterocycles. The summed E-state index contributed by atoms with van der Waals surface area (Å²) in [4.78, 5) is 21.2. The third-order valence-corrected chi connectivity index (χ3v) is 1.45. The number of hydrogen-bond acceptors (Lipinski definition) is 2. The van der Waals surface area contributed by atoms with Crippen LogP contribution in [-0.4, -0.2) is 11.8 Å². The number of carbonyl (C=O) groups is 2. The molecule has 0 saturated carbocycles. The smallest absolute Gasteiger partial charge is 1.00 e. The average Bonchev–Trinajstić information content (AvgIpc) is 2.04. The minimum absolute atomic E-state index is 0. The molecule has 0 spiro atoms. The molecule has 0 bridgehead atoms. The maximum atomic E-state index is 10.6. The maximum Gasteiger partial charge on any atom is 1.00 e. The Balaban J connectivity index is 0. The van der Waals surface area contributed by atoms with Crippen LogP contribution < -0.4 is 41.0 Å². The Morgan fingerprint density at radius 3 is 1.31 bits per heavy atom. The normalized spacial score (nSPS) is 8.62. The first-order valence-electron chi connectivity index (χ1n) is 3.31. The van der Waals surface area contributed by atoms with Crippen molar-refractivity contribution >= 4 is 11.8 Å². The zero-order valence-electron chi connectivity index (χ0n) is 8.28. The van der Waals surface area contributed by atoms with Crippen LogP contribution in [0.2, 0.25) is 0 Å². The van der Waals surface area contributed by atoms with E-state index in [0.29, 0.717) is 11.1 Å². The van der Waals surface area contributed by atoms with Crippen molar-refractivity contribution in [3.63, 3.8) is 0 Å². The first-order valence-corrected chi connectivity index (χ1v) is 3.31. The van der Waals surface area contributed by atoms with E-state index in [1.165, 1.54) is 24.3 Å². The summed E-state index contributed by atoms with van der Waals surface area (Å²) in [6.07, 6.45) is 0. The summed E-state index contributed by atoms with van der Waals surface area (Å²) in [5.74, 6) is -1.04. The predicted octanol–water partition coefficient (Wildman–Crippen LogP) is -3.00. The summed E-state index contributed by atoms with van der Waals surface area (Å²) in [5, 5.41) is 0. The summed E-state index contributed by atoms with van der Waals surface area (Å²) in [7, 11) is 0. The number of nitrogens with two attached hydrogens (primary N) is 2. The quantitative estimate of drug-likeness (QED) is 0.485. The Hall–Kier alpha value is -0.840. The van der Waals surface area contributed by atoms with Crippen molar-refractivity contribution in [3.8, 4) is 0 Å². The molecule has 2 amide bonds. The summed E-state index contributed by atoms with van der Waals surface area (Å²) >= 11 is 0. The van der Waals surface area contributed by atoms with Crippen LogP contribution in [0.4, 0.5) is 0 Å². The fraction of sp³-hybridized carbons (Fsp3) is 0. The minimum atomic E-state index is -0.522. The van der Waals surface area contributed by atoms with E-state index in [2.05, 4.69) is 0 Å². The minimum Gasteiger partial charge on any atom is -1.00 e. The second kappa shape index (κ2) is 5.01.